The largest absolute Gasteiger partial charge is 0.450 e. The summed E-state index contributed by atoms with van der Waals surface area (Å²) in [6.45, 7) is 3.14. The molecular weight excluding hydrogens is 204 g/mol. The molecule has 2 unspecified atom stereocenters. The van der Waals surface area contributed by atoms with Crippen LogP contribution in [0.3, 0.4) is 0 Å². The first kappa shape index (κ1) is 11.7. The van der Waals surface area contributed by atoms with Gasteiger partial charge in [-0.1, -0.05) is 0 Å². The van der Waals surface area contributed by atoms with Crippen LogP contribution in [-0.2, 0) is 4.74 Å². The number of rotatable bonds is 3. The zero-order valence-corrected chi connectivity index (χ0v) is 10.2. The maximum absolute atomic E-state index is 11.5. The summed E-state index contributed by atoms with van der Waals surface area (Å²) in [6.07, 6.45) is 4.85. The first-order valence-corrected chi connectivity index (χ1v) is 6.33. The molecule has 2 atom stereocenters. The van der Waals surface area contributed by atoms with Crippen molar-refractivity contribution in [1.82, 2.24) is 10.2 Å². The van der Waals surface area contributed by atoms with E-state index in [1.807, 2.05) is 14.0 Å². The maximum atomic E-state index is 11.5. The molecule has 1 N–H and O–H groups in total. The van der Waals surface area contributed by atoms with E-state index < -0.39 is 0 Å². The van der Waals surface area contributed by atoms with E-state index in [4.69, 9.17) is 4.74 Å². The number of nitrogens with zero attached hydrogens (tertiary/aromatic N) is 1. The number of ether oxygens (including phenoxy) is 1. The molecule has 1 amide bonds. The second kappa shape index (κ2) is 5.04. The average Bonchev–Trinajstić information content (AvgIpc) is 2.58. The molecule has 0 aromatic carbocycles. The lowest BCUT2D eigenvalue weighted by Crippen LogP contribution is -2.42. The second-order valence-corrected chi connectivity index (χ2v) is 5.05. The van der Waals surface area contributed by atoms with Crippen molar-refractivity contribution < 1.29 is 9.53 Å². The smallest absolute Gasteiger partial charge is 0.409 e. The van der Waals surface area contributed by atoms with Gasteiger partial charge in [-0.2, -0.15) is 0 Å². The fourth-order valence-corrected chi connectivity index (χ4v) is 3.02. The van der Waals surface area contributed by atoms with Crippen molar-refractivity contribution in [3.63, 3.8) is 0 Å². The fraction of sp³-hybridized carbons (Fsp3) is 0.917. The van der Waals surface area contributed by atoms with Crippen LogP contribution < -0.4 is 5.32 Å². The van der Waals surface area contributed by atoms with Gasteiger partial charge in [-0.15, -0.1) is 0 Å². The normalized spacial score (nSPS) is 32.5. The number of carbonyl (C=O) groups is 1. The maximum Gasteiger partial charge on any atom is 0.409 e. The Labute approximate surface area is 97.3 Å². The zero-order valence-electron chi connectivity index (χ0n) is 10.2. The summed E-state index contributed by atoms with van der Waals surface area (Å²) in [7, 11) is 1.84. The van der Waals surface area contributed by atoms with Gasteiger partial charge in [0.05, 0.1) is 6.61 Å². The molecule has 2 bridgehead atoms. The van der Waals surface area contributed by atoms with E-state index >= 15 is 0 Å². The Kier molecular flexibility index (Phi) is 3.69. The van der Waals surface area contributed by atoms with Gasteiger partial charge >= 0.3 is 6.09 Å². The van der Waals surface area contributed by atoms with E-state index in [1.54, 1.807) is 4.90 Å². The molecule has 2 aliphatic heterocycles. The molecule has 92 valence electrons. The van der Waals surface area contributed by atoms with Gasteiger partial charge in [0.15, 0.2) is 0 Å². The fourth-order valence-electron chi connectivity index (χ4n) is 3.02. The summed E-state index contributed by atoms with van der Waals surface area (Å²) >= 11 is 0. The Morgan fingerprint density at radius 1 is 1.38 bits per heavy atom. The molecule has 0 aromatic heterocycles. The van der Waals surface area contributed by atoms with Crippen molar-refractivity contribution in [2.75, 3.05) is 20.2 Å². The highest BCUT2D eigenvalue weighted by Crippen LogP contribution is 2.31. The van der Waals surface area contributed by atoms with Gasteiger partial charge in [0, 0.05) is 25.7 Å². The van der Waals surface area contributed by atoms with Gasteiger partial charge in [0.1, 0.15) is 0 Å². The lowest BCUT2D eigenvalue weighted by molar-refractivity contribution is 0.105. The second-order valence-electron chi connectivity index (χ2n) is 5.05. The van der Waals surface area contributed by atoms with Crippen molar-refractivity contribution >= 4 is 6.09 Å². The molecule has 2 fully saturated rings. The molecular formula is C12H22N2O2. The van der Waals surface area contributed by atoms with Crippen LogP contribution in [0.15, 0.2) is 0 Å². The lowest BCUT2D eigenvalue weighted by Gasteiger charge is -2.31. The van der Waals surface area contributed by atoms with Gasteiger partial charge < -0.3 is 15.0 Å². The summed E-state index contributed by atoms with van der Waals surface area (Å²) in [6, 6.07) is 1.39. The Morgan fingerprint density at radius 3 is 2.56 bits per heavy atom. The molecule has 4 nitrogen and oxygen atoms in total. The van der Waals surface area contributed by atoms with Crippen LogP contribution in [0.5, 0.6) is 0 Å². The van der Waals surface area contributed by atoms with Gasteiger partial charge in [0.2, 0.25) is 0 Å². The average molecular weight is 226 g/mol. The van der Waals surface area contributed by atoms with E-state index in [-0.39, 0.29) is 6.09 Å². The number of piperidine rings is 1. The van der Waals surface area contributed by atoms with E-state index in [2.05, 4.69) is 5.32 Å². The molecule has 4 heteroatoms. The third kappa shape index (κ3) is 2.67. The summed E-state index contributed by atoms with van der Waals surface area (Å²) in [4.78, 5) is 13.2. The number of amides is 1. The molecule has 0 aromatic rings. The number of fused-ring (bicyclic) bond motifs is 2. The third-order valence-electron chi connectivity index (χ3n) is 3.68. The molecule has 2 heterocycles. The highest BCUT2D eigenvalue weighted by Gasteiger charge is 2.34. The quantitative estimate of drug-likeness (QED) is 0.795. The Balaban J connectivity index is 1.79. The van der Waals surface area contributed by atoms with E-state index in [0.29, 0.717) is 24.6 Å². The van der Waals surface area contributed by atoms with E-state index in [9.17, 15) is 4.79 Å². The van der Waals surface area contributed by atoms with Gasteiger partial charge in [0.25, 0.3) is 0 Å². The Bertz CT molecular complexity index is 245. The van der Waals surface area contributed by atoms with Crippen LogP contribution in [0, 0.1) is 5.92 Å². The topological polar surface area (TPSA) is 41.6 Å². The number of hydrogen-bond acceptors (Lipinski definition) is 3. The minimum atomic E-state index is -0.187. The standard InChI is InChI=1S/C12H22N2O2/c1-3-16-12(15)14(2)8-9-6-10-4-5-11(7-9)13-10/h9-11,13H,3-8H2,1-2H3. The van der Waals surface area contributed by atoms with E-state index in [0.717, 1.165) is 6.54 Å². The summed E-state index contributed by atoms with van der Waals surface area (Å²) in [5.74, 6) is 0.646. The Hall–Kier alpha value is -0.770. The van der Waals surface area contributed by atoms with Crippen molar-refractivity contribution in [2.45, 2.75) is 44.7 Å². The zero-order chi connectivity index (χ0) is 11.5. The van der Waals surface area contributed by atoms with Crippen molar-refractivity contribution in [2.24, 2.45) is 5.92 Å². The molecule has 0 aliphatic carbocycles. The first-order chi connectivity index (χ1) is 7.69. The highest BCUT2D eigenvalue weighted by molar-refractivity contribution is 5.67. The van der Waals surface area contributed by atoms with Gasteiger partial charge in [-0.3, -0.25) is 0 Å². The number of hydrogen-bond donors (Lipinski definition) is 1. The monoisotopic (exact) mass is 226 g/mol. The predicted molar refractivity (Wildman–Crippen MR) is 62.3 cm³/mol. The molecule has 2 rings (SSSR count). The predicted octanol–water partition coefficient (Wildman–Crippen LogP) is 1.61. The lowest BCUT2D eigenvalue weighted by atomic mass is 9.92. The Morgan fingerprint density at radius 2 is 2.00 bits per heavy atom. The van der Waals surface area contributed by atoms with Crippen LogP contribution in [0.2, 0.25) is 0 Å². The molecule has 2 aliphatic rings. The minimum absolute atomic E-state index is 0.187. The summed E-state index contributed by atoms with van der Waals surface area (Å²) in [5, 5.41) is 3.61. The molecule has 2 saturated heterocycles. The van der Waals surface area contributed by atoms with Crippen molar-refractivity contribution in [3.05, 3.63) is 0 Å². The minimum Gasteiger partial charge on any atom is -0.450 e. The summed E-state index contributed by atoms with van der Waals surface area (Å²) in [5.41, 5.74) is 0. The van der Waals surface area contributed by atoms with Crippen LogP contribution in [0.1, 0.15) is 32.6 Å². The molecule has 0 radical (unpaired) electrons. The summed E-state index contributed by atoms with van der Waals surface area (Å²) < 4.78 is 4.99. The van der Waals surface area contributed by atoms with Crippen molar-refractivity contribution in [3.8, 4) is 0 Å². The third-order valence-corrected chi connectivity index (χ3v) is 3.68. The van der Waals surface area contributed by atoms with Gasteiger partial charge in [-0.05, 0) is 38.5 Å². The van der Waals surface area contributed by atoms with Crippen LogP contribution in [-0.4, -0.2) is 43.3 Å². The van der Waals surface area contributed by atoms with E-state index in [1.165, 1.54) is 25.7 Å². The molecule has 0 spiro atoms. The highest BCUT2D eigenvalue weighted by atomic mass is 16.5. The number of carbonyl (C=O) groups excluding carboxylic acids is 1. The van der Waals surface area contributed by atoms with Gasteiger partial charge in [-0.25, -0.2) is 4.79 Å². The first-order valence-electron chi connectivity index (χ1n) is 6.33. The molecule has 16 heavy (non-hydrogen) atoms. The number of nitrogens with one attached hydrogen (secondary N) is 1. The van der Waals surface area contributed by atoms with Crippen LogP contribution in [0.4, 0.5) is 4.79 Å². The van der Waals surface area contributed by atoms with Crippen LogP contribution in [0.25, 0.3) is 0 Å². The van der Waals surface area contributed by atoms with Crippen LogP contribution >= 0.6 is 0 Å². The van der Waals surface area contributed by atoms with Crippen molar-refractivity contribution in [1.29, 1.82) is 0 Å². The SMILES string of the molecule is CCOC(=O)N(C)CC1CC2CCC(C1)N2. The molecule has 0 saturated carbocycles.